The van der Waals surface area contributed by atoms with Gasteiger partial charge in [-0.15, -0.1) is 0 Å². The van der Waals surface area contributed by atoms with Crippen molar-refractivity contribution in [1.82, 2.24) is 9.29 Å². The van der Waals surface area contributed by atoms with Crippen LogP contribution in [-0.4, -0.2) is 24.1 Å². The first kappa shape index (κ1) is 12.6. The molecule has 1 fully saturated rings. The quantitative estimate of drug-likeness (QED) is 0.816. The van der Waals surface area contributed by atoms with E-state index in [4.69, 9.17) is 5.11 Å². The highest BCUT2D eigenvalue weighted by molar-refractivity contribution is 7.89. The van der Waals surface area contributed by atoms with Crippen molar-refractivity contribution in [1.29, 1.82) is 0 Å². The summed E-state index contributed by atoms with van der Waals surface area (Å²) < 4.78 is 28.4. The number of nitrogens with one attached hydrogen (secondary N) is 1. The minimum absolute atomic E-state index is 0.0718. The number of rotatable bonds is 5. The normalized spacial score (nSPS) is 23.9. The maximum Gasteiger partial charge on any atom is 0.242 e. The second kappa shape index (κ2) is 4.44. The van der Waals surface area contributed by atoms with E-state index in [1.165, 1.54) is 6.07 Å². The zero-order valence-corrected chi connectivity index (χ0v) is 10.9. The number of sulfonamides is 1. The number of aliphatic hydroxyl groups is 1. The molecule has 0 aliphatic heterocycles. The van der Waals surface area contributed by atoms with Crippen LogP contribution in [0, 0.1) is 5.92 Å². The lowest BCUT2D eigenvalue weighted by atomic mass is 10.4. The first-order valence-electron chi connectivity index (χ1n) is 5.80. The summed E-state index contributed by atoms with van der Waals surface area (Å²) in [6, 6.07) is 1.60. The Bertz CT molecular complexity index is 485. The summed E-state index contributed by atoms with van der Waals surface area (Å²) in [5, 5.41) is 9.13. The third-order valence-corrected chi connectivity index (χ3v) is 4.65. The molecule has 17 heavy (non-hydrogen) atoms. The van der Waals surface area contributed by atoms with E-state index in [1.807, 2.05) is 13.8 Å². The molecule has 1 aliphatic rings. The van der Waals surface area contributed by atoms with Crippen molar-refractivity contribution >= 4 is 10.0 Å². The fourth-order valence-electron chi connectivity index (χ4n) is 1.85. The summed E-state index contributed by atoms with van der Waals surface area (Å²) in [5.41, 5.74) is 0.622. The molecule has 2 atom stereocenters. The van der Waals surface area contributed by atoms with Gasteiger partial charge in [0.25, 0.3) is 0 Å². The molecule has 2 rings (SSSR count). The average molecular weight is 258 g/mol. The highest BCUT2D eigenvalue weighted by atomic mass is 32.2. The number of aromatic nitrogens is 1. The number of aryl methyl sites for hydroxylation is 1. The maximum absolute atomic E-state index is 12.0. The smallest absolute Gasteiger partial charge is 0.242 e. The van der Waals surface area contributed by atoms with E-state index in [0.29, 0.717) is 18.2 Å². The van der Waals surface area contributed by atoms with E-state index in [0.717, 1.165) is 6.42 Å². The van der Waals surface area contributed by atoms with Crippen molar-refractivity contribution < 1.29 is 13.5 Å². The minimum Gasteiger partial charge on any atom is -0.390 e. The molecule has 1 aromatic heterocycles. The van der Waals surface area contributed by atoms with Crippen LogP contribution in [-0.2, 0) is 23.2 Å². The van der Waals surface area contributed by atoms with Gasteiger partial charge in [0.15, 0.2) is 0 Å². The van der Waals surface area contributed by atoms with E-state index < -0.39 is 10.0 Å². The highest BCUT2D eigenvalue weighted by Crippen LogP contribution is 2.30. The van der Waals surface area contributed by atoms with Gasteiger partial charge >= 0.3 is 0 Å². The standard InChI is InChI=1S/C11H18N2O3S/c1-3-13-6-10(5-9(13)7-14)17(15,16)12-11-4-8(11)2/h5-6,8,11-12,14H,3-4,7H2,1-2H3. The number of hydrogen-bond acceptors (Lipinski definition) is 3. The lowest BCUT2D eigenvalue weighted by molar-refractivity contribution is 0.271. The summed E-state index contributed by atoms with van der Waals surface area (Å²) in [7, 11) is -3.43. The summed E-state index contributed by atoms with van der Waals surface area (Å²) >= 11 is 0. The Morgan fingerprint density at radius 3 is 2.65 bits per heavy atom. The molecular weight excluding hydrogens is 240 g/mol. The molecule has 96 valence electrons. The van der Waals surface area contributed by atoms with Gasteiger partial charge in [0.05, 0.1) is 11.5 Å². The zero-order chi connectivity index (χ0) is 12.6. The highest BCUT2D eigenvalue weighted by Gasteiger charge is 2.36. The van der Waals surface area contributed by atoms with Gasteiger partial charge in [-0.2, -0.15) is 0 Å². The molecule has 0 spiro atoms. The van der Waals surface area contributed by atoms with Crippen LogP contribution in [0.4, 0.5) is 0 Å². The summed E-state index contributed by atoms with van der Waals surface area (Å²) in [6.07, 6.45) is 2.47. The lowest BCUT2D eigenvalue weighted by Gasteiger charge is -2.03. The van der Waals surface area contributed by atoms with Crippen molar-refractivity contribution in [3.05, 3.63) is 18.0 Å². The third kappa shape index (κ3) is 2.53. The second-order valence-corrected chi connectivity index (χ2v) is 6.27. The van der Waals surface area contributed by atoms with E-state index in [1.54, 1.807) is 10.8 Å². The third-order valence-electron chi connectivity index (χ3n) is 3.19. The summed E-state index contributed by atoms with van der Waals surface area (Å²) in [5.74, 6) is 0.426. The molecule has 2 unspecified atom stereocenters. The molecule has 5 nitrogen and oxygen atoms in total. The van der Waals surface area contributed by atoms with Crippen LogP contribution in [0.15, 0.2) is 17.2 Å². The molecule has 6 heteroatoms. The predicted molar refractivity (Wildman–Crippen MR) is 63.9 cm³/mol. The molecule has 0 aromatic carbocycles. The Hall–Kier alpha value is -0.850. The van der Waals surface area contributed by atoms with E-state index in [2.05, 4.69) is 4.72 Å². The molecular formula is C11H18N2O3S. The van der Waals surface area contributed by atoms with Gasteiger partial charge in [0.2, 0.25) is 10.0 Å². The van der Waals surface area contributed by atoms with Crippen LogP contribution in [0.1, 0.15) is 26.0 Å². The second-order valence-electron chi connectivity index (χ2n) is 4.55. The molecule has 1 saturated carbocycles. The van der Waals surface area contributed by atoms with Crippen molar-refractivity contribution in [2.75, 3.05) is 0 Å². The maximum atomic E-state index is 12.0. The molecule has 0 amide bonds. The average Bonchev–Trinajstić information content (AvgIpc) is 2.83. The monoisotopic (exact) mass is 258 g/mol. The first-order valence-corrected chi connectivity index (χ1v) is 7.28. The molecule has 0 bridgehead atoms. The van der Waals surface area contributed by atoms with Crippen LogP contribution in [0.3, 0.4) is 0 Å². The van der Waals surface area contributed by atoms with E-state index in [-0.39, 0.29) is 17.5 Å². The fraction of sp³-hybridized carbons (Fsp3) is 0.636. The van der Waals surface area contributed by atoms with Crippen LogP contribution >= 0.6 is 0 Å². The van der Waals surface area contributed by atoms with Crippen molar-refractivity contribution in [2.45, 2.75) is 44.4 Å². The SMILES string of the molecule is CCn1cc(S(=O)(=O)NC2CC2C)cc1CO. The zero-order valence-electron chi connectivity index (χ0n) is 10.0. The van der Waals surface area contributed by atoms with Gasteiger partial charge in [0, 0.05) is 24.5 Å². The van der Waals surface area contributed by atoms with Gasteiger partial charge in [-0.3, -0.25) is 0 Å². The van der Waals surface area contributed by atoms with E-state index in [9.17, 15) is 8.42 Å². The van der Waals surface area contributed by atoms with Crippen molar-refractivity contribution in [3.63, 3.8) is 0 Å². The van der Waals surface area contributed by atoms with Gasteiger partial charge < -0.3 is 9.67 Å². The first-order chi connectivity index (χ1) is 7.97. The van der Waals surface area contributed by atoms with Gasteiger partial charge in [-0.1, -0.05) is 6.92 Å². The lowest BCUT2D eigenvalue weighted by Crippen LogP contribution is -2.26. The van der Waals surface area contributed by atoms with Crippen LogP contribution in [0.5, 0.6) is 0 Å². The Kier molecular flexibility index (Phi) is 3.29. The minimum atomic E-state index is -3.43. The summed E-state index contributed by atoms with van der Waals surface area (Å²) in [6.45, 7) is 4.42. The topological polar surface area (TPSA) is 71.3 Å². The van der Waals surface area contributed by atoms with Crippen molar-refractivity contribution in [3.8, 4) is 0 Å². The Labute approximate surface area is 102 Å². The van der Waals surface area contributed by atoms with Crippen molar-refractivity contribution in [2.24, 2.45) is 5.92 Å². The number of aliphatic hydroxyl groups excluding tert-OH is 1. The molecule has 0 radical (unpaired) electrons. The Morgan fingerprint density at radius 1 is 1.59 bits per heavy atom. The molecule has 1 aromatic rings. The Balaban J connectivity index is 2.23. The van der Waals surface area contributed by atoms with Crippen LogP contribution in [0.2, 0.25) is 0 Å². The number of hydrogen-bond donors (Lipinski definition) is 2. The molecule has 1 aliphatic carbocycles. The molecule has 1 heterocycles. The summed E-state index contributed by atoms with van der Waals surface area (Å²) in [4.78, 5) is 0.238. The van der Waals surface area contributed by atoms with Gasteiger partial charge in [0.1, 0.15) is 0 Å². The van der Waals surface area contributed by atoms with Crippen LogP contribution < -0.4 is 4.72 Å². The fourth-order valence-corrected chi connectivity index (χ4v) is 3.27. The Morgan fingerprint density at radius 2 is 2.24 bits per heavy atom. The number of nitrogens with zero attached hydrogens (tertiary/aromatic N) is 1. The van der Waals surface area contributed by atoms with E-state index >= 15 is 0 Å². The largest absolute Gasteiger partial charge is 0.390 e. The molecule has 2 N–H and O–H groups in total. The van der Waals surface area contributed by atoms with Gasteiger partial charge in [-0.25, -0.2) is 13.1 Å². The van der Waals surface area contributed by atoms with Gasteiger partial charge in [-0.05, 0) is 25.3 Å². The predicted octanol–water partition coefficient (Wildman–Crippen LogP) is 0.687. The molecule has 0 saturated heterocycles. The van der Waals surface area contributed by atoms with Crippen LogP contribution in [0.25, 0.3) is 0 Å².